The fourth-order valence-corrected chi connectivity index (χ4v) is 3.88. The third-order valence-corrected chi connectivity index (χ3v) is 5.48. The summed E-state index contributed by atoms with van der Waals surface area (Å²) in [5, 5.41) is 11.9. The lowest BCUT2D eigenvalue weighted by molar-refractivity contribution is -0.383. The van der Waals surface area contributed by atoms with Gasteiger partial charge in [0.05, 0.1) is 4.92 Å². The van der Waals surface area contributed by atoms with Gasteiger partial charge in [0.25, 0.3) is 0 Å². The van der Waals surface area contributed by atoms with E-state index in [-0.39, 0.29) is 10.6 Å². The van der Waals surface area contributed by atoms with Gasteiger partial charge in [-0.15, -0.1) is 0 Å². The monoisotopic (exact) mass is 353 g/mol. The summed E-state index contributed by atoms with van der Waals surface area (Å²) in [6, 6.07) is 8.26. The first-order chi connectivity index (χ1) is 12.6. The van der Waals surface area contributed by atoms with Gasteiger partial charge in [-0.05, 0) is 36.3 Å². The summed E-state index contributed by atoms with van der Waals surface area (Å²) in [7, 11) is 0. The molecule has 1 aromatic carbocycles. The summed E-state index contributed by atoms with van der Waals surface area (Å²) in [5.41, 5.74) is 2.56. The van der Waals surface area contributed by atoms with Crippen LogP contribution in [0.2, 0.25) is 0 Å². The summed E-state index contributed by atoms with van der Waals surface area (Å²) in [6.07, 6.45) is 4.41. The van der Waals surface area contributed by atoms with Gasteiger partial charge >= 0.3 is 5.69 Å². The van der Waals surface area contributed by atoms with Crippen molar-refractivity contribution in [3.8, 4) is 0 Å². The number of hydrogen-bond acceptors (Lipinski definition) is 6. The van der Waals surface area contributed by atoms with Gasteiger partial charge in [0.2, 0.25) is 11.6 Å². The highest BCUT2D eigenvalue weighted by Crippen LogP contribution is 2.37. The van der Waals surface area contributed by atoms with E-state index in [4.69, 9.17) is 0 Å². The van der Waals surface area contributed by atoms with Crippen molar-refractivity contribution in [2.24, 2.45) is 5.92 Å². The van der Waals surface area contributed by atoms with Gasteiger partial charge < -0.3 is 9.80 Å². The third kappa shape index (κ3) is 3.09. The SMILES string of the molecule is CC1CCN(c2ncnc(N3CCc4ccccc4C3)c2[N+](=O)[O-])CC1. The highest BCUT2D eigenvalue weighted by Gasteiger charge is 2.32. The van der Waals surface area contributed by atoms with Crippen molar-refractivity contribution in [2.45, 2.75) is 32.7 Å². The lowest BCUT2D eigenvalue weighted by Crippen LogP contribution is -2.35. The Morgan fingerprint density at radius 2 is 1.69 bits per heavy atom. The zero-order valence-electron chi connectivity index (χ0n) is 15.0. The van der Waals surface area contributed by atoms with E-state index in [0.717, 1.165) is 38.9 Å². The maximum Gasteiger partial charge on any atom is 0.353 e. The van der Waals surface area contributed by atoms with Crippen molar-refractivity contribution in [2.75, 3.05) is 29.4 Å². The molecule has 4 rings (SSSR count). The molecule has 136 valence electrons. The normalized spacial score (nSPS) is 17.9. The molecule has 1 aromatic heterocycles. The van der Waals surface area contributed by atoms with Crippen molar-refractivity contribution >= 4 is 17.3 Å². The first kappa shape index (κ1) is 16.8. The second kappa shape index (κ2) is 6.90. The molecule has 1 saturated heterocycles. The summed E-state index contributed by atoms with van der Waals surface area (Å²) in [4.78, 5) is 24.3. The fourth-order valence-electron chi connectivity index (χ4n) is 3.88. The van der Waals surface area contributed by atoms with E-state index in [2.05, 4.69) is 29.0 Å². The minimum absolute atomic E-state index is 0.0430. The van der Waals surface area contributed by atoms with Crippen LogP contribution in [0.3, 0.4) is 0 Å². The molecule has 26 heavy (non-hydrogen) atoms. The van der Waals surface area contributed by atoms with E-state index in [1.54, 1.807) is 0 Å². The van der Waals surface area contributed by atoms with Crippen LogP contribution >= 0.6 is 0 Å². The summed E-state index contributed by atoms with van der Waals surface area (Å²) < 4.78 is 0. The van der Waals surface area contributed by atoms with E-state index in [1.807, 2.05) is 21.9 Å². The molecule has 0 radical (unpaired) electrons. The Morgan fingerprint density at radius 3 is 2.38 bits per heavy atom. The number of rotatable bonds is 3. The van der Waals surface area contributed by atoms with Crippen LogP contribution in [-0.4, -0.2) is 34.5 Å². The molecule has 0 saturated carbocycles. The Hall–Kier alpha value is -2.70. The molecule has 7 nitrogen and oxygen atoms in total. The second-order valence-electron chi connectivity index (χ2n) is 7.24. The standard InChI is InChI=1S/C19H23N5O2/c1-14-6-9-22(10-7-14)18-17(24(25)26)19(21-13-20-18)23-11-8-15-4-2-3-5-16(15)12-23/h2-5,13-14H,6-12H2,1H3. The topological polar surface area (TPSA) is 75.4 Å². The maximum absolute atomic E-state index is 11.9. The number of nitro groups is 1. The first-order valence-corrected chi connectivity index (χ1v) is 9.19. The lowest BCUT2D eigenvalue weighted by atomic mass is 9.99. The average molecular weight is 353 g/mol. The van der Waals surface area contributed by atoms with Gasteiger partial charge in [-0.1, -0.05) is 31.2 Å². The van der Waals surface area contributed by atoms with Gasteiger partial charge in [-0.3, -0.25) is 10.1 Å². The number of piperidine rings is 1. The molecule has 0 atom stereocenters. The van der Waals surface area contributed by atoms with E-state index in [1.165, 1.54) is 17.5 Å². The molecular formula is C19H23N5O2. The van der Waals surface area contributed by atoms with Gasteiger partial charge in [-0.25, -0.2) is 9.97 Å². The zero-order valence-corrected chi connectivity index (χ0v) is 15.0. The number of hydrogen-bond donors (Lipinski definition) is 0. The Kier molecular flexibility index (Phi) is 4.44. The van der Waals surface area contributed by atoms with Crippen LogP contribution in [0.5, 0.6) is 0 Å². The largest absolute Gasteiger partial charge is 0.353 e. The quantitative estimate of drug-likeness (QED) is 0.623. The second-order valence-corrected chi connectivity index (χ2v) is 7.24. The molecule has 0 amide bonds. The van der Waals surface area contributed by atoms with Crippen LogP contribution < -0.4 is 9.80 Å². The molecule has 1 fully saturated rings. The molecule has 3 heterocycles. The van der Waals surface area contributed by atoms with Crippen molar-refractivity contribution in [1.82, 2.24) is 9.97 Å². The Bertz CT molecular complexity index is 817. The van der Waals surface area contributed by atoms with Gasteiger partial charge in [0.15, 0.2) is 0 Å². The summed E-state index contributed by atoms with van der Waals surface area (Å²) >= 11 is 0. The van der Waals surface area contributed by atoms with Crippen LogP contribution in [0.1, 0.15) is 30.9 Å². The van der Waals surface area contributed by atoms with Crippen LogP contribution in [0.15, 0.2) is 30.6 Å². The summed E-state index contributed by atoms with van der Waals surface area (Å²) in [5.74, 6) is 1.56. The summed E-state index contributed by atoms with van der Waals surface area (Å²) in [6.45, 7) is 5.21. The fraction of sp³-hybridized carbons (Fsp3) is 0.474. The van der Waals surface area contributed by atoms with Gasteiger partial charge in [-0.2, -0.15) is 0 Å². The Balaban J connectivity index is 1.69. The van der Waals surface area contributed by atoms with Crippen molar-refractivity contribution in [3.05, 3.63) is 51.8 Å². The highest BCUT2D eigenvalue weighted by atomic mass is 16.6. The molecule has 2 aliphatic heterocycles. The van der Waals surface area contributed by atoms with Crippen molar-refractivity contribution < 1.29 is 4.92 Å². The van der Waals surface area contributed by atoms with Gasteiger partial charge in [0, 0.05) is 26.2 Å². The number of aromatic nitrogens is 2. The van der Waals surface area contributed by atoms with Crippen LogP contribution in [0.25, 0.3) is 0 Å². The minimum atomic E-state index is -0.316. The Morgan fingerprint density at radius 1 is 1.04 bits per heavy atom. The predicted octanol–water partition coefficient (Wildman–Crippen LogP) is 3.18. The van der Waals surface area contributed by atoms with E-state index >= 15 is 0 Å². The molecular weight excluding hydrogens is 330 g/mol. The predicted molar refractivity (Wildman–Crippen MR) is 100 cm³/mol. The van der Waals surface area contributed by atoms with E-state index in [9.17, 15) is 10.1 Å². The molecule has 0 N–H and O–H groups in total. The van der Waals surface area contributed by atoms with Crippen molar-refractivity contribution in [3.63, 3.8) is 0 Å². The van der Waals surface area contributed by atoms with E-state index < -0.39 is 0 Å². The minimum Gasteiger partial charge on any atom is -0.351 e. The molecule has 0 unspecified atom stereocenters. The Labute approximate surface area is 152 Å². The maximum atomic E-state index is 11.9. The molecule has 7 heteroatoms. The van der Waals surface area contributed by atoms with E-state index in [0.29, 0.717) is 24.1 Å². The third-order valence-electron chi connectivity index (χ3n) is 5.48. The number of benzene rings is 1. The first-order valence-electron chi connectivity index (χ1n) is 9.19. The van der Waals surface area contributed by atoms with Crippen LogP contribution in [0, 0.1) is 16.0 Å². The molecule has 2 aliphatic rings. The van der Waals surface area contributed by atoms with Crippen LogP contribution in [-0.2, 0) is 13.0 Å². The van der Waals surface area contributed by atoms with Crippen molar-refractivity contribution in [1.29, 1.82) is 0 Å². The lowest BCUT2D eigenvalue weighted by Gasteiger charge is -2.32. The number of nitrogens with zero attached hydrogens (tertiary/aromatic N) is 5. The van der Waals surface area contributed by atoms with Crippen LogP contribution in [0.4, 0.5) is 17.3 Å². The highest BCUT2D eigenvalue weighted by molar-refractivity contribution is 5.71. The molecule has 0 bridgehead atoms. The number of anilines is 2. The smallest absolute Gasteiger partial charge is 0.351 e. The van der Waals surface area contributed by atoms with Gasteiger partial charge in [0.1, 0.15) is 6.33 Å². The average Bonchev–Trinajstić information content (AvgIpc) is 2.67. The molecule has 0 spiro atoms. The molecule has 2 aromatic rings. The number of fused-ring (bicyclic) bond motifs is 1. The zero-order chi connectivity index (χ0) is 18.1. The molecule has 0 aliphatic carbocycles.